The van der Waals surface area contributed by atoms with Crippen LogP contribution < -0.4 is 4.90 Å². The first-order valence-corrected chi connectivity index (χ1v) is 7.46. The van der Waals surface area contributed by atoms with Gasteiger partial charge < -0.3 is 0 Å². The number of halogens is 1. The first kappa shape index (κ1) is 12.6. The summed E-state index contributed by atoms with van der Waals surface area (Å²) in [6.07, 6.45) is 3.75. The molecule has 0 saturated carbocycles. The molecule has 3 aromatic rings. The molecule has 0 unspecified atom stereocenters. The number of hydrogen-bond donors (Lipinski definition) is 0. The molecule has 0 bridgehead atoms. The van der Waals surface area contributed by atoms with Gasteiger partial charge >= 0.3 is 0 Å². The third-order valence-corrected chi connectivity index (χ3v) is 4.40. The van der Waals surface area contributed by atoms with Crippen molar-refractivity contribution >= 4 is 45.3 Å². The van der Waals surface area contributed by atoms with E-state index in [2.05, 4.69) is 4.98 Å². The summed E-state index contributed by atoms with van der Waals surface area (Å²) < 4.78 is 1.89. The quantitative estimate of drug-likeness (QED) is 0.683. The molecule has 1 aliphatic heterocycles. The molecule has 0 radical (unpaired) electrons. The average molecular weight is 318 g/mol. The van der Waals surface area contributed by atoms with Crippen molar-refractivity contribution in [3.63, 3.8) is 0 Å². The highest BCUT2D eigenvalue weighted by atomic mass is 35.5. The van der Waals surface area contributed by atoms with E-state index in [1.165, 1.54) is 16.2 Å². The number of rotatable bonds is 2. The van der Waals surface area contributed by atoms with Gasteiger partial charge in [0, 0.05) is 22.8 Å². The van der Waals surface area contributed by atoms with Gasteiger partial charge in [0.05, 0.1) is 23.5 Å². The number of hydrogen-bond acceptors (Lipinski definition) is 4. The van der Waals surface area contributed by atoms with Crippen LogP contribution in [0.15, 0.2) is 36.0 Å². The van der Waals surface area contributed by atoms with Crippen molar-refractivity contribution < 1.29 is 9.59 Å². The average Bonchev–Trinajstić information content (AvgIpc) is 3.09. The number of imidazole rings is 1. The zero-order chi connectivity index (χ0) is 14.6. The Bertz CT molecular complexity index is 870. The summed E-state index contributed by atoms with van der Waals surface area (Å²) in [7, 11) is 0. The molecule has 104 valence electrons. The Morgan fingerprint density at radius 3 is 2.95 bits per heavy atom. The van der Waals surface area contributed by atoms with Crippen molar-refractivity contribution in [2.75, 3.05) is 4.90 Å². The lowest BCUT2D eigenvalue weighted by Gasteiger charge is -2.14. The van der Waals surface area contributed by atoms with Crippen LogP contribution in [-0.2, 0) is 11.3 Å². The summed E-state index contributed by atoms with van der Waals surface area (Å²) in [6, 6.07) is 4.84. The number of amides is 1. The normalized spacial score (nSPS) is 14.2. The van der Waals surface area contributed by atoms with E-state index in [-0.39, 0.29) is 6.54 Å². The molecule has 0 spiro atoms. The summed E-state index contributed by atoms with van der Waals surface area (Å²) in [5.41, 5.74) is 1.68. The highest BCUT2D eigenvalue weighted by Crippen LogP contribution is 2.32. The van der Waals surface area contributed by atoms with Gasteiger partial charge in [-0.1, -0.05) is 11.6 Å². The third kappa shape index (κ3) is 1.87. The van der Waals surface area contributed by atoms with Crippen LogP contribution in [0.5, 0.6) is 0 Å². The van der Waals surface area contributed by atoms with Crippen LogP contribution in [0.2, 0.25) is 5.02 Å². The SMILES string of the molecule is O=C1C(=O)N(Cc2cn3ccsc3n2)c2cc(Cl)ccc21. The summed E-state index contributed by atoms with van der Waals surface area (Å²) in [5, 5.41) is 2.43. The summed E-state index contributed by atoms with van der Waals surface area (Å²) in [5.74, 6) is -1.04. The number of benzene rings is 1. The predicted molar refractivity (Wildman–Crippen MR) is 80.0 cm³/mol. The Morgan fingerprint density at radius 1 is 1.29 bits per heavy atom. The lowest BCUT2D eigenvalue weighted by atomic mass is 10.1. The van der Waals surface area contributed by atoms with Crippen LogP contribution in [0.25, 0.3) is 4.96 Å². The van der Waals surface area contributed by atoms with Crippen LogP contribution in [-0.4, -0.2) is 21.1 Å². The molecule has 0 aliphatic carbocycles. The topological polar surface area (TPSA) is 54.7 Å². The van der Waals surface area contributed by atoms with Crippen molar-refractivity contribution in [1.82, 2.24) is 9.38 Å². The lowest BCUT2D eigenvalue weighted by molar-refractivity contribution is -0.114. The molecule has 21 heavy (non-hydrogen) atoms. The van der Waals surface area contributed by atoms with Crippen LogP contribution >= 0.6 is 22.9 Å². The maximum atomic E-state index is 12.1. The molecule has 1 amide bonds. The Morgan fingerprint density at radius 2 is 2.14 bits per heavy atom. The third-order valence-electron chi connectivity index (χ3n) is 3.40. The molecule has 0 fully saturated rings. The van der Waals surface area contributed by atoms with E-state index >= 15 is 0 Å². The van der Waals surface area contributed by atoms with Gasteiger partial charge in [-0.2, -0.15) is 0 Å². The Labute approximate surface area is 128 Å². The molecule has 0 atom stereocenters. The molecule has 3 heterocycles. The number of aromatic nitrogens is 2. The Balaban J connectivity index is 1.75. The second kappa shape index (κ2) is 4.41. The van der Waals surface area contributed by atoms with Crippen LogP contribution in [0, 0.1) is 0 Å². The van der Waals surface area contributed by atoms with E-state index < -0.39 is 11.7 Å². The molecule has 7 heteroatoms. The van der Waals surface area contributed by atoms with Gasteiger partial charge in [0.2, 0.25) is 0 Å². The second-order valence-corrected chi connectivity index (χ2v) is 6.02. The predicted octanol–water partition coefficient (Wildman–Crippen LogP) is 2.78. The van der Waals surface area contributed by atoms with Crippen molar-refractivity contribution in [2.24, 2.45) is 0 Å². The van der Waals surface area contributed by atoms with E-state index in [4.69, 9.17) is 11.6 Å². The number of anilines is 1. The minimum atomic E-state index is -0.538. The van der Waals surface area contributed by atoms with Crippen LogP contribution in [0.1, 0.15) is 16.1 Å². The van der Waals surface area contributed by atoms with E-state index in [1.54, 1.807) is 18.2 Å². The first-order valence-electron chi connectivity index (χ1n) is 6.20. The summed E-state index contributed by atoms with van der Waals surface area (Å²) >= 11 is 7.48. The summed E-state index contributed by atoms with van der Waals surface area (Å²) in [6.45, 7) is 0.256. The minimum Gasteiger partial charge on any atom is -0.299 e. The van der Waals surface area contributed by atoms with E-state index in [0.717, 1.165) is 10.7 Å². The number of Topliss-reactive ketones (excluding diaryl/α,β-unsaturated/α-hetero) is 1. The Kier molecular flexibility index (Phi) is 2.63. The van der Waals surface area contributed by atoms with Gasteiger partial charge in [-0.15, -0.1) is 11.3 Å². The largest absolute Gasteiger partial charge is 0.299 e. The number of thiazole rings is 1. The standard InChI is InChI=1S/C14H8ClN3O2S/c15-8-1-2-10-11(5-8)18(13(20)12(10)19)7-9-6-17-3-4-21-14(17)16-9/h1-6H,7H2. The van der Waals surface area contributed by atoms with Gasteiger partial charge in [-0.25, -0.2) is 4.98 Å². The smallest absolute Gasteiger partial charge is 0.299 e. The van der Waals surface area contributed by atoms with E-state index in [9.17, 15) is 9.59 Å². The fraction of sp³-hybridized carbons (Fsp3) is 0.0714. The first-order chi connectivity index (χ1) is 10.1. The zero-order valence-corrected chi connectivity index (χ0v) is 12.2. The van der Waals surface area contributed by atoms with Gasteiger partial charge in [0.1, 0.15) is 0 Å². The number of fused-ring (bicyclic) bond motifs is 2. The maximum absolute atomic E-state index is 12.1. The zero-order valence-electron chi connectivity index (χ0n) is 10.6. The van der Waals surface area contributed by atoms with Crippen molar-refractivity contribution in [2.45, 2.75) is 6.54 Å². The summed E-state index contributed by atoms with van der Waals surface area (Å²) in [4.78, 5) is 30.8. The fourth-order valence-electron chi connectivity index (χ4n) is 2.44. The molecule has 1 aliphatic rings. The van der Waals surface area contributed by atoms with Crippen LogP contribution in [0.3, 0.4) is 0 Å². The van der Waals surface area contributed by atoms with Crippen LogP contribution in [0.4, 0.5) is 5.69 Å². The number of nitrogens with zero attached hydrogens (tertiary/aromatic N) is 3. The van der Waals surface area contributed by atoms with E-state index in [1.807, 2.05) is 22.2 Å². The molecule has 1 aromatic carbocycles. The highest BCUT2D eigenvalue weighted by molar-refractivity contribution is 7.15. The van der Waals surface area contributed by atoms with Gasteiger partial charge in [-0.3, -0.25) is 18.9 Å². The van der Waals surface area contributed by atoms with Crippen molar-refractivity contribution in [3.8, 4) is 0 Å². The number of ketones is 1. The monoisotopic (exact) mass is 317 g/mol. The molecule has 4 rings (SSSR count). The maximum Gasteiger partial charge on any atom is 0.299 e. The van der Waals surface area contributed by atoms with Crippen molar-refractivity contribution in [3.05, 3.63) is 52.3 Å². The molecule has 2 aromatic heterocycles. The Hall–Kier alpha value is -2.18. The molecular formula is C14H8ClN3O2S. The highest BCUT2D eigenvalue weighted by Gasteiger charge is 2.36. The van der Waals surface area contributed by atoms with E-state index in [0.29, 0.717) is 16.3 Å². The number of carbonyl (C=O) groups is 2. The second-order valence-electron chi connectivity index (χ2n) is 4.71. The molecule has 0 N–H and O–H groups in total. The van der Waals surface area contributed by atoms with Gasteiger partial charge in [-0.05, 0) is 18.2 Å². The lowest BCUT2D eigenvalue weighted by Crippen LogP contribution is -2.29. The molecule has 0 saturated heterocycles. The molecule has 5 nitrogen and oxygen atoms in total. The van der Waals surface area contributed by atoms with Crippen molar-refractivity contribution in [1.29, 1.82) is 0 Å². The van der Waals surface area contributed by atoms with Gasteiger partial charge in [0.25, 0.3) is 11.7 Å². The van der Waals surface area contributed by atoms with Gasteiger partial charge in [0.15, 0.2) is 4.96 Å². The molecular weight excluding hydrogens is 310 g/mol. The minimum absolute atomic E-state index is 0.256. The fourth-order valence-corrected chi connectivity index (χ4v) is 3.32. The number of carbonyl (C=O) groups excluding carboxylic acids is 2.